The van der Waals surface area contributed by atoms with Crippen LogP contribution in [0.4, 0.5) is 0 Å². The number of hydrogen-bond donors (Lipinski definition) is 9. The molecule has 0 spiro atoms. The van der Waals surface area contributed by atoms with E-state index in [-0.39, 0.29) is 37.5 Å². The lowest BCUT2D eigenvalue weighted by Crippen LogP contribution is -2.60. The highest BCUT2D eigenvalue weighted by Crippen LogP contribution is 2.22. The van der Waals surface area contributed by atoms with Gasteiger partial charge in [0.15, 0.2) is 0 Å². The number of primary amides is 1. The topological polar surface area (TPSA) is 256 Å². The van der Waals surface area contributed by atoms with Gasteiger partial charge in [-0.25, -0.2) is 0 Å². The number of aromatic nitrogens is 1. The van der Waals surface area contributed by atoms with Crippen LogP contribution < -0.4 is 43.8 Å². The van der Waals surface area contributed by atoms with Gasteiger partial charge in [-0.2, -0.15) is 0 Å². The molecular weight excluding hydrogens is 859 g/mol. The molecule has 362 valence electrons. The van der Waals surface area contributed by atoms with E-state index in [4.69, 9.17) is 17.2 Å². The predicted octanol–water partition coefficient (Wildman–Crippen LogP) is 4.32. The summed E-state index contributed by atoms with van der Waals surface area (Å²) < 4.78 is 0. The van der Waals surface area contributed by atoms with Gasteiger partial charge in [0, 0.05) is 36.4 Å². The van der Waals surface area contributed by atoms with Gasteiger partial charge in [-0.15, -0.1) is 0 Å². The number of carbonyl (C=O) groups is 6. The number of amides is 6. The summed E-state index contributed by atoms with van der Waals surface area (Å²) in [5.74, 6) is -3.74. The van der Waals surface area contributed by atoms with Crippen LogP contribution >= 0.6 is 0 Å². The Balaban J connectivity index is 1.46. The Bertz CT molecular complexity index is 2420. The number of H-pyrrole nitrogens is 1. The van der Waals surface area contributed by atoms with E-state index in [0.29, 0.717) is 32.2 Å². The molecule has 0 aliphatic carbocycles. The lowest BCUT2D eigenvalue weighted by Gasteiger charge is -2.28. The highest BCUT2D eigenvalue weighted by atomic mass is 16.2. The van der Waals surface area contributed by atoms with Crippen LogP contribution in [-0.2, 0) is 48.0 Å². The van der Waals surface area contributed by atoms with E-state index in [0.717, 1.165) is 38.7 Å². The summed E-state index contributed by atoms with van der Waals surface area (Å²) >= 11 is 0. The molecule has 0 aliphatic rings. The minimum atomic E-state index is -1.24. The van der Waals surface area contributed by atoms with Gasteiger partial charge in [-0.1, -0.05) is 137 Å². The fourth-order valence-corrected chi connectivity index (χ4v) is 8.13. The molecule has 6 amide bonds. The molecule has 5 rings (SSSR count). The molecule has 4 aromatic carbocycles. The summed E-state index contributed by atoms with van der Waals surface area (Å²) in [6.45, 7) is 8.07. The second kappa shape index (κ2) is 25.9. The van der Waals surface area contributed by atoms with Crippen LogP contribution in [-0.4, -0.2) is 83.2 Å². The Morgan fingerprint density at radius 1 is 0.515 bits per heavy atom. The first kappa shape index (κ1) is 52.1. The van der Waals surface area contributed by atoms with Gasteiger partial charge in [0.05, 0.1) is 6.04 Å². The van der Waals surface area contributed by atoms with Crippen molar-refractivity contribution in [2.24, 2.45) is 29.0 Å². The lowest BCUT2D eigenvalue weighted by atomic mass is 9.98. The number of rotatable bonds is 26. The first-order valence-corrected chi connectivity index (χ1v) is 23.6. The maximum Gasteiger partial charge on any atom is 0.243 e. The van der Waals surface area contributed by atoms with Gasteiger partial charge < -0.3 is 48.8 Å². The highest BCUT2D eigenvalue weighted by Gasteiger charge is 2.34. The normalized spacial score (nSPS) is 14.0. The van der Waals surface area contributed by atoms with E-state index in [1.54, 1.807) is 6.20 Å². The fraction of sp³-hybridized carbons (Fsp3) is 0.396. The number of fused-ring (bicyclic) bond motifs is 1. The number of hydrogen-bond acceptors (Lipinski definition) is 8. The molecule has 1 heterocycles. The maximum atomic E-state index is 14.8. The van der Waals surface area contributed by atoms with Crippen LogP contribution in [0.15, 0.2) is 115 Å². The van der Waals surface area contributed by atoms with Crippen molar-refractivity contribution in [3.05, 3.63) is 132 Å². The second-order valence-corrected chi connectivity index (χ2v) is 18.4. The van der Waals surface area contributed by atoms with Gasteiger partial charge in [0.25, 0.3) is 0 Å². The Hall–Kier alpha value is -6.84. The zero-order chi connectivity index (χ0) is 49.2. The molecule has 0 saturated carbocycles. The van der Waals surface area contributed by atoms with Crippen LogP contribution in [0, 0.1) is 11.8 Å². The first-order chi connectivity index (χ1) is 32.6. The third-order valence-electron chi connectivity index (χ3n) is 11.8. The number of para-hydroxylation sites is 1. The molecule has 68 heavy (non-hydrogen) atoms. The zero-order valence-corrected chi connectivity index (χ0v) is 39.6. The highest BCUT2D eigenvalue weighted by molar-refractivity contribution is 5.97. The molecule has 6 atom stereocenters. The third-order valence-corrected chi connectivity index (χ3v) is 11.8. The molecule has 0 bridgehead atoms. The van der Waals surface area contributed by atoms with Gasteiger partial charge in [0.1, 0.15) is 30.2 Å². The van der Waals surface area contributed by atoms with E-state index in [1.807, 2.05) is 137 Å². The summed E-state index contributed by atoms with van der Waals surface area (Å²) in [4.78, 5) is 86.9. The summed E-state index contributed by atoms with van der Waals surface area (Å²) in [5.41, 5.74) is 22.7. The molecule has 15 heteroatoms. The maximum absolute atomic E-state index is 14.8. The molecule has 1 aromatic heterocycles. The molecule has 0 unspecified atom stereocenters. The Kier molecular flexibility index (Phi) is 19.9. The van der Waals surface area contributed by atoms with E-state index in [9.17, 15) is 28.8 Å². The average molecular weight is 928 g/mol. The Morgan fingerprint density at radius 2 is 0.971 bits per heavy atom. The predicted molar refractivity (Wildman–Crippen MR) is 266 cm³/mol. The van der Waals surface area contributed by atoms with Crippen molar-refractivity contribution < 1.29 is 28.8 Å². The zero-order valence-electron chi connectivity index (χ0n) is 39.6. The van der Waals surface area contributed by atoms with Crippen molar-refractivity contribution in [3.8, 4) is 11.1 Å². The van der Waals surface area contributed by atoms with Gasteiger partial charge >= 0.3 is 0 Å². The minimum absolute atomic E-state index is 0.0145. The molecule has 0 saturated heterocycles. The number of benzene rings is 4. The summed E-state index contributed by atoms with van der Waals surface area (Å²) in [6.07, 6.45) is 4.12. The standard InChI is InChI=1S/C53H69N9O6/c1-33(2)27-43(48(56)63)58-50(65)44(28-34(3)4)60-53(68)47(31-39-32-57-42-21-12-11-19-40(39)42)62-52(67)46(29-35-15-7-5-8-16-35)61-51(66)45(59-49(64)41(55)20-13-14-26-54)30-36-22-24-38(25-23-36)37-17-9-6-10-18-37/h5-12,15-19,21-25,32-34,41,43-47,57H,13-14,20,26-31,54-55H2,1-4H3,(H2,56,63)(H,58,65)(H,59,64)(H,60,68)(H,61,66)(H,62,67)/t41-,43-,44-,45+,46-,47+/m0/s1. The number of nitrogens with two attached hydrogens (primary N) is 3. The number of carbonyl (C=O) groups excluding carboxylic acids is 6. The monoisotopic (exact) mass is 928 g/mol. The van der Waals surface area contributed by atoms with Crippen LogP contribution in [0.5, 0.6) is 0 Å². The largest absolute Gasteiger partial charge is 0.368 e. The van der Waals surface area contributed by atoms with E-state index >= 15 is 0 Å². The summed E-state index contributed by atoms with van der Waals surface area (Å²) in [7, 11) is 0. The average Bonchev–Trinajstić information content (AvgIpc) is 3.73. The van der Waals surface area contributed by atoms with E-state index in [1.165, 1.54) is 0 Å². The molecule has 0 fully saturated rings. The van der Waals surface area contributed by atoms with Gasteiger partial charge in [-0.3, -0.25) is 28.8 Å². The van der Waals surface area contributed by atoms with Crippen molar-refractivity contribution >= 4 is 46.3 Å². The van der Waals surface area contributed by atoms with Crippen molar-refractivity contribution in [3.63, 3.8) is 0 Å². The Morgan fingerprint density at radius 3 is 1.54 bits per heavy atom. The minimum Gasteiger partial charge on any atom is -0.368 e. The van der Waals surface area contributed by atoms with Crippen molar-refractivity contribution in [2.45, 2.75) is 115 Å². The fourth-order valence-electron chi connectivity index (χ4n) is 8.13. The third kappa shape index (κ3) is 15.9. The van der Waals surface area contributed by atoms with Crippen LogP contribution in [0.2, 0.25) is 0 Å². The number of aromatic amines is 1. The van der Waals surface area contributed by atoms with Crippen LogP contribution in [0.25, 0.3) is 22.0 Å². The lowest BCUT2D eigenvalue weighted by molar-refractivity contribution is -0.135. The smallest absolute Gasteiger partial charge is 0.243 e. The summed E-state index contributed by atoms with van der Waals surface area (Å²) in [5, 5.41) is 15.1. The van der Waals surface area contributed by atoms with Crippen molar-refractivity contribution in [2.75, 3.05) is 6.54 Å². The van der Waals surface area contributed by atoms with Crippen LogP contribution in [0.3, 0.4) is 0 Å². The molecular formula is C53H69N9O6. The van der Waals surface area contributed by atoms with Gasteiger partial charge in [0.2, 0.25) is 35.4 Å². The SMILES string of the molecule is CC(C)C[C@H](NC(=O)[C@H](CC(C)C)NC(=O)[C@@H](Cc1c[nH]c2ccccc12)NC(=O)[C@H](Cc1ccccc1)NC(=O)[C@@H](Cc1ccc(-c2ccccc2)cc1)NC(=O)[C@@H](N)CCCCN)C(N)=O. The van der Waals surface area contributed by atoms with E-state index in [2.05, 4.69) is 31.6 Å². The number of unbranched alkanes of at least 4 members (excludes halogenated alkanes) is 1. The first-order valence-electron chi connectivity index (χ1n) is 23.6. The van der Waals surface area contributed by atoms with E-state index < -0.39 is 71.7 Å². The second-order valence-electron chi connectivity index (χ2n) is 18.4. The van der Waals surface area contributed by atoms with Crippen molar-refractivity contribution in [1.82, 2.24) is 31.6 Å². The Labute approximate surface area is 399 Å². The molecule has 5 aromatic rings. The molecule has 15 nitrogen and oxygen atoms in total. The molecule has 12 N–H and O–H groups in total. The van der Waals surface area contributed by atoms with Gasteiger partial charge in [-0.05, 0) is 77.9 Å². The molecule has 0 radical (unpaired) electrons. The quantitative estimate of drug-likeness (QED) is 0.0360. The van der Waals surface area contributed by atoms with Crippen molar-refractivity contribution in [1.29, 1.82) is 0 Å². The summed E-state index contributed by atoms with van der Waals surface area (Å²) in [6, 6.07) is 27.6. The molecule has 0 aliphatic heterocycles. The van der Waals surface area contributed by atoms with Crippen LogP contribution in [0.1, 0.15) is 76.5 Å². The number of nitrogens with one attached hydrogen (secondary N) is 6.